The Labute approximate surface area is 175 Å². The van der Waals surface area contributed by atoms with Gasteiger partial charge in [0.2, 0.25) is 0 Å². The highest BCUT2D eigenvalue weighted by Gasteiger charge is 2.17. The van der Waals surface area contributed by atoms with Crippen LogP contribution in [0.2, 0.25) is 0 Å². The number of carbonyl (C=O) groups is 2. The highest BCUT2D eigenvalue weighted by molar-refractivity contribution is 9.10. The molecule has 2 heterocycles. The number of nitrogens with one attached hydrogen (secondary N) is 1. The van der Waals surface area contributed by atoms with Gasteiger partial charge in [-0.25, -0.2) is 0 Å². The van der Waals surface area contributed by atoms with Crippen molar-refractivity contribution in [1.82, 2.24) is 0 Å². The Hall–Kier alpha value is -3.00. The molecule has 2 aromatic carbocycles. The van der Waals surface area contributed by atoms with Crippen LogP contribution in [0.25, 0.3) is 11.0 Å². The molecule has 29 heavy (non-hydrogen) atoms. The van der Waals surface area contributed by atoms with Crippen LogP contribution < -0.4 is 14.8 Å². The maximum Gasteiger partial charge on any atom is 0.310 e. The number of fused-ring (bicyclic) bond motifs is 2. The number of anilines is 1. The van der Waals surface area contributed by atoms with Gasteiger partial charge in [-0.3, -0.25) is 9.59 Å². The van der Waals surface area contributed by atoms with Gasteiger partial charge in [0, 0.05) is 27.6 Å². The van der Waals surface area contributed by atoms with E-state index in [4.69, 9.17) is 18.6 Å². The summed E-state index contributed by atoms with van der Waals surface area (Å²) in [7, 11) is 0. The molecule has 1 N–H and O–H groups in total. The van der Waals surface area contributed by atoms with Crippen LogP contribution in [0, 0.1) is 6.92 Å². The van der Waals surface area contributed by atoms with Gasteiger partial charge in [-0.2, -0.15) is 0 Å². The van der Waals surface area contributed by atoms with Crippen molar-refractivity contribution in [2.24, 2.45) is 0 Å². The summed E-state index contributed by atoms with van der Waals surface area (Å²) in [4.78, 5) is 24.3. The second kappa shape index (κ2) is 8.16. The Morgan fingerprint density at radius 3 is 2.69 bits per heavy atom. The molecule has 0 unspecified atom stereocenters. The molecule has 0 spiro atoms. The highest BCUT2D eigenvalue weighted by Crippen LogP contribution is 2.38. The fourth-order valence-electron chi connectivity index (χ4n) is 3.03. The molecule has 3 aromatic rings. The quantitative estimate of drug-likeness (QED) is 0.580. The maximum atomic E-state index is 12.2. The van der Waals surface area contributed by atoms with E-state index in [9.17, 15) is 9.59 Å². The average molecular weight is 460 g/mol. The predicted molar refractivity (Wildman–Crippen MR) is 109 cm³/mol. The van der Waals surface area contributed by atoms with Crippen LogP contribution in [0.4, 0.5) is 5.69 Å². The molecule has 0 saturated carbocycles. The Balaban J connectivity index is 1.34. The van der Waals surface area contributed by atoms with Crippen LogP contribution in [0.1, 0.15) is 11.1 Å². The molecule has 7 nitrogen and oxygen atoms in total. The number of benzene rings is 2. The molecular formula is C21H18BrNO6. The van der Waals surface area contributed by atoms with Crippen molar-refractivity contribution >= 4 is 44.5 Å². The summed E-state index contributed by atoms with van der Waals surface area (Å²) in [6, 6.07) is 9.15. The second-order valence-corrected chi connectivity index (χ2v) is 7.48. The summed E-state index contributed by atoms with van der Waals surface area (Å²) in [5, 5.41) is 3.55. The third-order valence-corrected chi connectivity index (χ3v) is 5.07. The summed E-state index contributed by atoms with van der Waals surface area (Å²) in [6.45, 7) is 2.50. The third kappa shape index (κ3) is 4.37. The first-order valence-corrected chi connectivity index (χ1v) is 9.80. The van der Waals surface area contributed by atoms with Gasteiger partial charge in [0.1, 0.15) is 18.8 Å². The summed E-state index contributed by atoms with van der Waals surface area (Å²) in [6.07, 6.45) is 1.56. The number of furan rings is 1. The van der Waals surface area contributed by atoms with E-state index in [-0.39, 0.29) is 6.42 Å². The maximum absolute atomic E-state index is 12.2. The lowest BCUT2D eigenvalue weighted by atomic mass is 10.1. The Kier molecular flexibility index (Phi) is 5.44. The molecule has 8 heteroatoms. The number of esters is 1. The first kappa shape index (κ1) is 19.3. The van der Waals surface area contributed by atoms with E-state index in [0.29, 0.717) is 40.5 Å². The lowest BCUT2D eigenvalue weighted by Crippen LogP contribution is -2.22. The minimum absolute atomic E-state index is 0.0249. The molecule has 0 radical (unpaired) electrons. The van der Waals surface area contributed by atoms with Crippen LogP contribution in [0.3, 0.4) is 0 Å². The standard InChI is InChI=1S/C21H18BrNO6/c1-12-2-3-14-13(10-28-17(14)6-12)7-21(25)29-11-20(24)23-16-9-19-18(8-15(16)22)26-4-5-27-19/h2-3,6,8-10H,4-5,7,11H2,1H3,(H,23,24). The molecule has 1 aromatic heterocycles. The Morgan fingerprint density at radius 2 is 1.90 bits per heavy atom. The highest BCUT2D eigenvalue weighted by atomic mass is 79.9. The normalized spacial score (nSPS) is 12.6. The van der Waals surface area contributed by atoms with Crippen molar-refractivity contribution in [2.75, 3.05) is 25.1 Å². The van der Waals surface area contributed by atoms with E-state index in [2.05, 4.69) is 21.2 Å². The van der Waals surface area contributed by atoms with Crippen molar-refractivity contribution in [1.29, 1.82) is 0 Å². The van der Waals surface area contributed by atoms with Crippen LogP contribution in [-0.4, -0.2) is 31.7 Å². The van der Waals surface area contributed by atoms with Gasteiger partial charge in [0.15, 0.2) is 18.1 Å². The van der Waals surface area contributed by atoms with Gasteiger partial charge in [0.05, 0.1) is 18.4 Å². The molecule has 0 aliphatic carbocycles. The third-order valence-electron chi connectivity index (χ3n) is 4.42. The van der Waals surface area contributed by atoms with E-state index in [0.717, 1.165) is 16.5 Å². The first-order valence-electron chi connectivity index (χ1n) is 9.01. The second-order valence-electron chi connectivity index (χ2n) is 6.62. The van der Waals surface area contributed by atoms with Crippen LogP contribution in [0.15, 0.2) is 45.5 Å². The zero-order chi connectivity index (χ0) is 20.4. The minimum Gasteiger partial charge on any atom is -0.486 e. The number of carbonyl (C=O) groups excluding carboxylic acids is 2. The van der Waals surface area contributed by atoms with Gasteiger partial charge in [-0.05, 0) is 34.5 Å². The number of aryl methyl sites for hydroxylation is 1. The number of rotatable bonds is 5. The van der Waals surface area contributed by atoms with E-state index < -0.39 is 18.5 Å². The van der Waals surface area contributed by atoms with E-state index >= 15 is 0 Å². The van der Waals surface area contributed by atoms with Crippen molar-refractivity contribution in [3.05, 3.63) is 52.2 Å². The minimum atomic E-state index is -0.510. The van der Waals surface area contributed by atoms with Gasteiger partial charge in [0.25, 0.3) is 5.91 Å². The molecule has 150 valence electrons. The number of halogens is 1. The van der Waals surface area contributed by atoms with Crippen LogP contribution in [0.5, 0.6) is 11.5 Å². The SMILES string of the molecule is Cc1ccc2c(CC(=O)OCC(=O)Nc3cc4c(cc3Br)OCCO4)coc2c1. The van der Waals surface area contributed by atoms with Gasteiger partial charge >= 0.3 is 5.97 Å². The molecule has 0 saturated heterocycles. The monoisotopic (exact) mass is 459 g/mol. The lowest BCUT2D eigenvalue weighted by Gasteiger charge is -2.20. The molecule has 4 rings (SSSR count). The Bertz CT molecular complexity index is 1090. The van der Waals surface area contributed by atoms with Crippen molar-refractivity contribution in [3.8, 4) is 11.5 Å². The van der Waals surface area contributed by atoms with Crippen molar-refractivity contribution in [3.63, 3.8) is 0 Å². The van der Waals surface area contributed by atoms with E-state index in [1.165, 1.54) is 6.26 Å². The molecule has 1 aliphatic heterocycles. The topological polar surface area (TPSA) is 87.0 Å². The van der Waals surface area contributed by atoms with E-state index in [1.807, 2.05) is 25.1 Å². The molecule has 1 aliphatic rings. The zero-order valence-corrected chi connectivity index (χ0v) is 17.2. The molecule has 1 amide bonds. The van der Waals surface area contributed by atoms with Gasteiger partial charge in [-0.15, -0.1) is 0 Å². The predicted octanol–water partition coefficient (Wildman–Crippen LogP) is 4.00. The van der Waals surface area contributed by atoms with Gasteiger partial charge < -0.3 is 23.9 Å². The first-order chi connectivity index (χ1) is 14.0. The molecular weight excluding hydrogens is 442 g/mol. The largest absolute Gasteiger partial charge is 0.486 e. The van der Waals surface area contributed by atoms with Crippen LogP contribution in [-0.2, 0) is 20.7 Å². The lowest BCUT2D eigenvalue weighted by molar-refractivity contribution is -0.146. The van der Waals surface area contributed by atoms with Crippen molar-refractivity contribution < 1.29 is 28.2 Å². The van der Waals surface area contributed by atoms with Crippen molar-refractivity contribution in [2.45, 2.75) is 13.3 Å². The Morgan fingerprint density at radius 1 is 1.14 bits per heavy atom. The molecule has 0 fully saturated rings. The summed E-state index contributed by atoms with van der Waals surface area (Å²) in [5.74, 6) is 0.192. The molecule has 0 atom stereocenters. The van der Waals surface area contributed by atoms with Gasteiger partial charge in [-0.1, -0.05) is 12.1 Å². The molecule has 0 bridgehead atoms. The number of amides is 1. The van der Waals surface area contributed by atoms with Crippen LogP contribution >= 0.6 is 15.9 Å². The summed E-state index contributed by atoms with van der Waals surface area (Å²) in [5.41, 5.74) is 3.02. The van der Waals surface area contributed by atoms with E-state index in [1.54, 1.807) is 12.1 Å². The number of hydrogen-bond donors (Lipinski definition) is 1. The number of hydrogen-bond acceptors (Lipinski definition) is 6. The zero-order valence-electron chi connectivity index (χ0n) is 15.6. The fraction of sp³-hybridized carbons (Fsp3) is 0.238. The summed E-state index contributed by atoms with van der Waals surface area (Å²) < 4.78 is 22.2. The number of ether oxygens (including phenoxy) is 3. The summed E-state index contributed by atoms with van der Waals surface area (Å²) >= 11 is 3.38. The average Bonchev–Trinajstić information content (AvgIpc) is 3.08. The fourth-order valence-corrected chi connectivity index (χ4v) is 3.45. The smallest absolute Gasteiger partial charge is 0.310 e.